The zero-order valence-corrected chi connectivity index (χ0v) is 15.8. The van der Waals surface area contributed by atoms with Gasteiger partial charge in [0.1, 0.15) is 5.82 Å². The molecular weight excluding hydrogens is 351 g/mol. The molecule has 1 aliphatic heterocycles. The number of amides is 1. The van der Waals surface area contributed by atoms with E-state index >= 15 is 0 Å². The molecule has 26 heavy (non-hydrogen) atoms. The predicted octanol–water partition coefficient (Wildman–Crippen LogP) is 3.94. The molecular formula is C21H26ClFN2O. The van der Waals surface area contributed by atoms with Crippen LogP contribution < -0.4 is 5.73 Å². The van der Waals surface area contributed by atoms with Crippen molar-refractivity contribution >= 4 is 18.3 Å². The molecule has 0 aromatic heterocycles. The molecule has 2 aromatic rings. The first-order valence-corrected chi connectivity index (χ1v) is 8.86. The molecule has 2 aromatic carbocycles. The van der Waals surface area contributed by atoms with E-state index in [1.165, 1.54) is 17.7 Å². The van der Waals surface area contributed by atoms with Crippen molar-refractivity contribution in [2.45, 2.75) is 25.2 Å². The third-order valence-electron chi connectivity index (χ3n) is 5.22. The lowest BCUT2D eigenvalue weighted by atomic mass is 9.89. The highest BCUT2D eigenvalue weighted by molar-refractivity contribution is 5.85. The van der Waals surface area contributed by atoms with E-state index in [1.54, 1.807) is 6.07 Å². The second-order valence-electron chi connectivity index (χ2n) is 6.97. The number of halogens is 2. The Labute approximate surface area is 160 Å². The molecule has 0 radical (unpaired) electrons. The van der Waals surface area contributed by atoms with Gasteiger partial charge in [0.25, 0.3) is 0 Å². The molecule has 0 spiro atoms. The topological polar surface area (TPSA) is 46.3 Å². The van der Waals surface area contributed by atoms with E-state index in [0.29, 0.717) is 32.0 Å². The van der Waals surface area contributed by atoms with Crippen molar-refractivity contribution in [3.63, 3.8) is 0 Å². The summed E-state index contributed by atoms with van der Waals surface area (Å²) >= 11 is 0. The number of hydrogen-bond acceptors (Lipinski definition) is 2. The molecule has 1 fully saturated rings. The molecule has 3 atom stereocenters. The predicted molar refractivity (Wildman–Crippen MR) is 105 cm³/mol. The van der Waals surface area contributed by atoms with E-state index in [2.05, 4.69) is 12.1 Å². The second kappa shape index (κ2) is 9.15. The van der Waals surface area contributed by atoms with Crippen LogP contribution in [-0.2, 0) is 4.79 Å². The molecule has 1 aliphatic rings. The van der Waals surface area contributed by atoms with Gasteiger partial charge in [-0.2, -0.15) is 0 Å². The number of rotatable bonds is 5. The normalized spacial score (nSPS) is 20.5. The van der Waals surface area contributed by atoms with Gasteiger partial charge in [0, 0.05) is 25.4 Å². The van der Waals surface area contributed by atoms with Crippen molar-refractivity contribution in [2.24, 2.45) is 11.7 Å². The molecule has 0 bridgehead atoms. The van der Waals surface area contributed by atoms with Gasteiger partial charge in [-0.15, -0.1) is 12.4 Å². The lowest BCUT2D eigenvalue weighted by Gasteiger charge is -2.19. The third kappa shape index (κ3) is 4.63. The summed E-state index contributed by atoms with van der Waals surface area (Å²) in [5.74, 6) is 0.435. The van der Waals surface area contributed by atoms with Gasteiger partial charge in [-0.25, -0.2) is 4.39 Å². The summed E-state index contributed by atoms with van der Waals surface area (Å²) in [4.78, 5) is 14.7. The Morgan fingerprint density at radius 1 is 1.19 bits per heavy atom. The quantitative estimate of drug-likeness (QED) is 0.859. The lowest BCUT2D eigenvalue weighted by molar-refractivity contribution is -0.130. The number of nitrogens with zero attached hydrogens (tertiary/aromatic N) is 1. The van der Waals surface area contributed by atoms with Crippen molar-refractivity contribution in [1.29, 1.82) is 0 Å². The van der Waals surface area contributed by atoms with Gasteiger partial charge in [0.05, 0.1) is 0 Å². The van der Waals surface area contributed by atoms with Crippen molar-refractivity contribution in [2.75, 3.05) is 19.6 Å². The molecule has 5 heteroatoms. The Morgan fingerprint density at radius 3 is 2.58 bits per heavy atom. The summed E-state index contributed by atoms with van der Waals surface area (Å²) in [6.07, 6.45) is 0.391. The van der Waals surface area contributed by atoms with Gasteiger partial charge in [-0.1, -0.05) is 49.4 Å². The van der Waals surface area contributed by atoms with Crippen molar-refractivity contribution < 1.29 is 9.18 Å². The minimum Gasteiger partial charge on any atom is -0.342 e. The smallest absolute Gasteiger partial charge is 0.223 e. The minimum absolute atomic E-state index is 0. The SMILES string of the molecule is CC(CC(=O)N1C[C@@H](CN)[C@H](c2ccccc2)C1)c1cccc(F)c1.Cl. The van der Waals surface area contributed by atoms with Crippen molar-refractivity contribution in [3.8, 4) is 0 Å². The van der Waals surface area contributed by atoms with Crippen LogP contribution >= 0.6 is 12.4 Å². The first-order valence-electron chi connectivity index (χ1n) is 8.86. The fourth-order valence-corrected chi connectivity index (χ4v) is 3.71. The molecule has 3 rings (SSSR count). The van der Waals surface area contributed by atoms with Crippen LogP contribution in [0, 0.1) is 11.7 Å². The Balaban J connectivity index is 0.00000243. The Morgan fingerprint density at radius 2 is 1.92 bits per heavy atom. The molecule has 1 saturated heterocycles. The Bertz CT molecular complexity index is 725. The highest BCUT2D eigenvalue weighted by Gasteiger charge is 2.35. The number of nitrogens with two attached hydrogens (primary N) is 1. The van der Waals surface area contributed by atoms with E-state index in [9.17, 15) is 9.18 Å². The summed E-state index contributed by atoms with van der Waals surface area (Å²) in [5, 5.41) is 0. The standard InChI is InChI=1S/C21H25FN2O.ClH/c1-15(17-8-5-9-19(22)11-17)10-21(25)24-13-18(12-23)20(14-24)16-6-3-2-4-7-16;/h2-9,11,15,18,20H,10,12-14,23H2,1H3;1H/t15?,18-,20+;/m1./s1. The maximum Gasteiger partial charge on any atom is 0.223 e. The van der Waals surface area contributed by atoms with E-state index in [1.807, 2.05) is 36.1 Å². The highest BCUT2D eigenvalue weighted by atomic mass is 35.5. The van der Waals surface area contributed by atoms with Crippen LogP contribution in [0.15, 0.2) is 54.6 Å². The number of benzene rings is 2. The van der Waals surface area contributed by atoms with Gasteiger partial charge in [0.2, 0.25) is 5.91 Å². The first-order chi connectivity index (χ1) is 12.1. The maximum atomic E-state index is 13.4. The van der Waals surface area contributed by atoms with Gasteiger partial charge < -0.3 is 10.6 Å². The Hall–Kier alpha value is -1.91. The Kier molecular flexibility index (Phi) is 7.18. The van der Waals surface area contributed by atoms with Gasteiger partial charge in [0.15, 0.2) is 0 Å². The van der Waals surface area contributed by atoms with Gasteiger partial charge in [-0.3, -0.25) is 4.79 Å². The van der Waals surface area contributed by atoms with E-state index in [0.717, 1.165) is 5.56 Å². The van der Waals surface area contributed by atoms with Crippen LogP contribution in [0.25, 0.3) is 0 Å². The van der Waals surface area contributed by atoms with Crippen LogP contribution in [0.3, 0.4) is 0 Å². The van der Waals surface area contributed by atoms with Gasteiger partial charge >= 0.3 is 0 Å². The molecule has 1 heterocycles. The zero-order valence-electron chi connectivity index (χ0n) is 15.0. The van der Waals surface area contributed by atoms with Crippen LogP contribution in [0.2, 0.25) is 0 Å². The van der Waals surface area contributed by atoms with Crippen molar-refractivity contribution in [3.05, 3.63) is 71.5 Å². The molecule has 140 valence electrons. The largest absolute Gasteiger partial charge is 0.342 e. The van der Waals surface area contributed by atoms with Crippen LogP contribution in [0.1, 0.15) is 36.3 Å². The van der Waals surface area contributed by atoms with Crippen LogP contribution in [-0.4, -0.2) is 30.4 Å². The highest BCUT2D eigenvalue weighted by Crippen LogP contribution is 2.33. The fourth-order valence-electron chi connectivity index (χ4n) is 3.71. The van der Waals surface area contributed by atoms with Crippen LogP contribution in [0.4, 0.5) is 4.39 Å². The summed E-state index contributed by atoms with van der Waals surface area (Å²) in [7, 11) is 0. The fraction of sp³-hybridized carbons (Fsp3) is 0.381. The summed E-state index contributed by atoms with van der Waals surface area (Å²) in [6, 6.07) is 16.8. The molecule has 2 N–H and O–H groups in total. The molecule has 1 amide bonds. The second-order valence-corrected chi connectivity index (χ2v) is 6.97. The average molecular weight is 377 g/mol. The van der Waals surface area contributed by atoms with Crippen LogP contribution in [0.5, 0.6) is 0 Å². The maximum absolute atomic E-state index is 13.4. The summed E-state index contributed by atoms with van der Waals surface area (Å²) in [5.41, 5.74) is 8.06. The summed E-state index contributed by atoms with van der Waals surface area (Å²) in [6.45, 7) is 3.95. The number of hydrogen-bond donors (Lipinski definition) is 1. The van der Waals surface area contributed by atoms with E-state index < -0.39 is 0 Å². The minimum atomic E-state index is -0.259. The van der Waals surface area contributed by atoms with Crippen molar-refractivity contribution in [1.82, 2.24) is 4.90 Å². The number of carbonyl (C=O) groups excluding carboxylic acids is 1. The first kappa shape index (κ1) is 20.4. The number of likely N-dealkylation sites (tertiary alicyclic amines) is 1. The molecule has 1 unspecified atom stereocenters. The molecule has 3 nitrogen and oxygen atoms in total. The zero-order chi connectivity index (χ0) is 17.8. The van der Waals surface area contributed by atoms with E-state index in [-0.39, 0.29) is 36.0 Å². The number of carbonyl (C=O) groups is 1. The average Bonchev–Trinajstić information content (AvgIpc) is 3.07. The monoisotopic (exact) mass is 376 g/mol. The molecule has 0 aliphatic carbocycles. The van der Waals surface area contributed by atoms with Gasteiger partial charge in [-0.05, 0) is 41.6 Å². The third-order valence-corrected chi connectivity index (χ3v) is 5.22. The van der Waals surface area contributed by atoms with E-state index in [4.69, 9.17) is 5.73 Å². The lowest BCUT2D eigenvalue weighted by Crippen LogP contribution is -2.30. The molecule has 0 saturated carbocycles. The summed E-state index contributed by atoms with van der Waals surface area (Å²) < 4.78 is 13.4.